The number of H-pyrrole nitrogens is 1. The van der Waals surface area contributed by atoms with Crippen LogP contribution in [0.15, 0.2) is 73.2 Å². The molecule has 0 unspecified atom stereocenters. The first-order chi connectivity index (χ1) is 15.6. The van der Waals surface area contributed by atoms with Gasteiger partial charge in [0.05, 0.1) is 17.5 Å². The number of nitrogens with zero attached hydrogens (tertiary/aromatic N) is 4. The fraction of sp³-hybridized carbons (Fsp3) is 0.192. The Morgan fingerprint density at radius 3 is 2.38 bits per heavy atom. The third-order valence-electron chi connectivity index (χ3n) is 6.73. The summed E-state index contributed by atoms with van der Waals surface area (Å²) in [6.45, 7) is 0. The van der Waals surface area contributed by atoms with Gasteiger partial charge in [-0.05, 0) is 36.0 Å². The van der Waals surface area contributed by atoms with Gasteiger partial charge in [0.2, 0.25) is 0 Å². The molecule has 0 radical (unpaired) electrons. The maximum Gasteiger partial charge on any atom is 0.164 e. The van der Waals surface area contributed by atoms with Crippen molar-refractivity contribution in [3.05, 3.63) is 78.8 Å². The first-order valence-corrected chi connectivity index (χ1v) is 10.9. The molecule has 6 nitrogen and oxygen atoms in total. The Morgan fingerprint density at radius 2 is 1.72 bits per heavy atom. The van der Waals surface area contributed by atoms with E-state index in [9.17, 15) is 0 Å². The first kappa shape index (κ1) is 19.0. The summed E-state index contributed by atoms with van der Waals surface area (Å²) in [4.78, 5) is 9.55. The minimum Gasteiger partial charge on any atom is -0.328 e. The Morgan fingerprint density at radius 1 is 0.938 bits per heavy atom. The van der Waals surface area contributed by atoms with E-state index in [1.807, 2.05) is 18.5 Å². The fourth-order valence-corrected chi connectivity index (χ4v) is 4.76. The molecule has 0 atom stereocenters. The molecule has 0 bridgehead atoms. The van der Waals surface area contributed by atoms with Gasteiger partial charge in [-0.25, -0.2) is 9.97 Å². The Labute approximate surface area is 186 Å². The maximum absolute atomic E-state index is 6.56. The summed E-state index contributed by atoms with van der Waals surface area (Å²) < 4.78 is 2.17. The highest BCUT2D eigenvalue weighted by atomic mass is 15.1. The average Bonchev–Trinajstić information content (AvgIpc) is 3.45. The van der Waals surface area contributed by atoms with E-state index in [1.165, 1.54) is 12.0 Å². The molecule has 0 aliphatic heterocycles. The van der Waals surface area contributed by atoms with Crippen molar-refractivity contribution >= 4 is 11.0 Å². The van der Waals surface area contributed by atoms with Crippen molar-refractivity contribution in [2.75, 3.05) is 0 Å². The molecule has 32 heavy (non-hydrogen) atoms. The second kappa shape index (κ2) is 7.14. The molecule has 1 aliphatic carbocycles. The van der Waals surface area contributed by atoms with Crippen molar-refractivity contribution in [1.29, 1.82) is 0 Å². The highest BCUT2D eigenvalue weighted by molar-refractivity contribution is 6.03. The highest BCUT2D eigenvalue weighted by Crippen LogP contribution is 2.42. The standard InChI is InChI=1S/C26H24N6/c1-32-23(18-8-10-20(11-9-18)26(27)12-5-13-26)22(17-6-3-2-4-7-17)21-16-28-24(31-25(21)32)19-14-29-30-15-19/h2-4,6-11,14-16H,5,12-13,27H2,1H3,(H,29,30). The molecular formula is C26H24N6. The van der Waals surface area contributed by atoms with E-state index in [1.54, 1.807) is 6.20 Å². The second-order valence-electron chi connectivity index (χ2n) is 8.65. The van der Waals surface area contributed by atoms with Crippen molar-refractivity contribution in [2.45, 2.75) is 24.8 Å². The van der Waals surface area contributed by atoms with Crippen molar-refractivity contribution in [1.82, 2.24) is 24.7 Å². The lowest BCUT2D eigenvalue weighted by molar-refractivity contribution is 0.253. The van der Waals surface area contributed by atoms with E-state index in [-0.39, 0.29) is 5.54 Å². The van der Waals surface area contributed by atoms with Gasteiger partial charge < -0.3 is 10.3 Å². The van der Waals surface area contributed by atoms with Gasteiger partial charge in [0.15, 0.2) is 5.82 Å². The largest absolute Gasteiger partial charge is 0.328 e. The van der Waals surface area contributed by atoms with E-state index in [0.717, 1.165) is 51.8 Å². The van der Waals surface area contributed by atoms with Crippen molar-refractivity contribution < 1.29 is 0 Å². The number of nitrogens with one attached hydrogen (secondary N) is 1. The molecule has 0 spiro atoms. The molecule has 6 rings (SSSR count). The summed E-state index contributed by atoms with van der Waals surface area (Å²) in [5.41, 5.74) is 13.9. The van der Waals surface area contributed by atoms with Crippen LogP contribution in [-0.2, 0) is 12.6 Å². The molecule has 2 aromatic carbocycles. The van der Waals surface area contributed by atoms with Gasteiger partial charge in [0, 0.05) is 35.9 Å². The smallest absolute Gasteiger partial charge is 0.164 e. The number of nitrogens with two attached hydrogens (primary N) is 1. The average molecular weight is 421 g/mol. The summed E-state index contributed by atoms with van der Waals surface area (Å²) in [5.74, 6) is 0.656. The van der Waals surface area contributed by atoms with Crippen LogP contribution in [0.25, 0.3) is 44.8 Å². The van der Waals surface area contributed by atoms with Gasteiger partial charge in [0.25, 0.3) is 0 Å². The number of aryl methyl sites for hydroxylation is 1. The van der Waals surface area contributed by atoms with Crippen LogP contribution >= 0.6 is 0 Å². The number of benzene rings is 2. The molecule has 158 valence electrons. The maximum atomic E-state index is 6.56. The van der Waals surface area contributed by atoms with Crippen LogP contribution in [-0.4, -0.2) is 24.7 Å². The van der Waals surface area contributed by atoms with E-state index >= 15 is 0 Å². The van der Waals surface area contributed by atoms with Crippen LogP contribution in [0.5, 0.6) is 0 Å². The zero-order valence-corrected chi connectivity index (χ0v) is 17.9. The molecule has 5 aromatic rings. The lowest BCUT2D eigenvalue weighted by atomic mass is 9.72. The van der Waals surface area contributed by atoms with Crippen molar-refractivity contribution in [3.63, 3.8) is 0 Å². The number of aromatic nitrogens is 5. The van der Waals surface area contributed by atoms with Gasteiger partial charge in [-0.15, -0.1) is 0 Å². The van der Waals surface area contributed by atoms with Crippen LogP contribution in [0.4, 0.5) is 0 Å². The summed E-state index contributed by atoms with van der Waals surface area (Å²) in [5, 5.41) is 7.90. The SMILES string of the molecule is Cn1c(-c2ccc(C3(N)CCC3)cc2)c(-c2ccccc2)c2cnc(-c3cn[nH]c3)nc21. The Bertz CT molecular complexity index is 1390. The van der Waals surface area contributed by atoms with Gasteiger partial charge in [-0.1, -0.05) is 54.6 Å². The second-order valence-corrected chi connectivity index (χ2v) is 8.65. The van der Waals surface area contributed by atoms with Crippen LogP contribution in [0.2, 0.25) is 0 Å². The van der Waals surface area contributed by atoms with E-state index < -0.39 is 0 Å². The van der Waals surface area contributed by atoms with Crippen LogP contribution in [0, 0.1) is 0 Å². The predicted octanol–water partition coefficient (Wildman–Crippen LogP) is 5.03. The predicted molar refractivity (Wildman–Crippen MR) is 127 cm³/mol. The molecule has 1 saturated carbocycles. The number of hydrogen-bond acceptors (Lipinski definition) is 4. The molecule has 3 N–H and O–H groups in total. The quantitative estimate of drug-likeness (QED) is 0.427. The Balaban J connectivity index is 1.57. The van der Waals surface area contributed by atoms with Gasteiger partial charge >= 0.3 is 0 Å². The minimum absolute atomic E-state index is 0.162. The van der Waals surface area contributed by atoms with Crippen LogP contribution in [0.3, 0.4) is 0 Å². The monoisotopic (exact) mass is 420 g/mol. The lowest BCUT2D eigenvalue weighted by Gasteiger charge is -2.38. The number of rotatable bonds is 4. The molecule has 1 fully saturated rings. The molecule has 1 aliphatic rings. The molecule has 3 aromatic heterocycles. The third-order valence-corrected chi connectivity index (χ3v) is 6.73. The Kier molecular flexibility index (Phi) is 4.23. The summed E-state index contributed by atoms with van der Waals surface area (Å²) in [6.07, 6.45) is 8.80. The number of aromatic amines is 1. The molecule has 3 heterocycles. The normalized spacial score (nSPS) is 15.1. The molecule has 0 saturated heterocycles. The van der Waals surface area contributed by atoms with Crippen LogP contribution in [0.1, 0.15) is 24.8 Å². The highest BCUT2D eigenvalue weighted by Gasteiger charge is 2.34. The van der Waals surface area contributed by atoms with E-state index in [4.69, 9.17) is 10.7 Å². The fourth-order valence-electron chi connectivity index (χ4n) is 4.76. The van der Waals surface area contributed by atoms with E-state index in [2.05, 4.69) is 75.3 Å². The molecule has 0 amide bonds. The zero-order valence-electron chi connectivity index (χ0n) is 17.9. The van der Waals surface area contributed by atoms with Gasteiger partial charge in [-0.2, -0.15) is 5.10 Å². The van der Waals surface area contributed by atoms with Crippen molar-refractivity contribution in [2.24, 2.45) is 12.8 Å². The molecular weight excluding hydrogens is 396 g/mol. The third kappa shape index (κ3) is 2.87. The van der Waals surface area contributed by atoms with Crippen molar-refractivity contribution in [3.8, 4) is 33.8 Å². The first-order valence-electron chi connectivity index (χ1n) is 10.9. The summed E-state index contributed by atoms with van der Waals surface area (Å²) >= 11 is 0. The number of hydrogen-bond donors (Lipinski definition) is 2. The Hall–Kier alpha value is -3.77. The lowest BCUT2D eigenvalue weighted by Crippen LogP contribution is -2.43. The number of fused-ring (bicyclic) bond motifs is 1. The summed E-state index contributed by atoms with van der Waals surface area (Å²) in [7, 11) is 2.07. The zero-order chi connectivity index (χ0) is 21.7. The molecule has 6 heteroatoms. The topological polar surface area (TPSA) is 85.4 Å². The summed E-state index contributed by atoms with van der Waals surface area (Å²) in [6, 6.07) is 19.2. The van der Waals surface area contributed by atoms with E-state index in [0.29, 0.717) is 5.82 Å². The van der Waals surface area contributed by atoms with Gasteiger partial charge in [-0.3, -0.25) is 5.10 Å². The van der Waals surface area contributed by atoms with Gasteiger partial charge in [0.1, 0.15) is 5.65 Å². The van der Waals surface area contributed by atoms with Crippen LogP contribution < -0.4 is 5.73 Å². The minimum atomic E-state index is -0.162.